The second-order valence-electron chi connectivity index (χ2n) is 4.04. The van der Waals surface area contributed by atoms with Gasteiger partial charge in [-0.15, -0.1) is 0 Å². The molecule has 0 saturated carbocycles. The van der Waals surface area contributed by atoms with Gasteiger partial charge >= 0.3 is 0 Å². The minimum Gasteiger partial charge on any atom is -0.0836 e. The maximum Gasteiger partial charge on any atom is 0.0502 e. The predicted molar refractivity (Wildman–Crippen MR) is 86.9 cm³/mol. The van der Waals surface area contributed by atoms with Gasteiger partial charge in [0.15, 0.2) is 0 Å². The van der Waals surface area contributed by atoms with Gasteiger partial charge in [-0.1, -0.05) is 67.2 Å². The first-order valence-electron chi connectivity index (χ1n) is 5.23. The number of rotatable bonds is 0. The van der Waals surface area contributed by atoms with Crippen LogP contribution in [-0.4, -0.2) is 0 Å². The fourth-order valence-electron chi connectivity index (χ4n) is 2.16. The summed E-state index contributed by atoms with van der Waals surface area (Å²) in [5.41, 5.74) is 0. The average molecular weight is 405 g/mol. The number of hydrogen-bond acceptors (Lipinski definition) is 0. The Kier molecular flexibility index (Phi) is 3.31. The summed E-state index contributed by atoms with van der Waals surface area (Å²) in [6.45, 7) is 0. The molecule has 0 fully saturated rings. The van der Waals surface area contributed by atoms with Crippen molar-refractivity contribution >= 4 is 76.6 Å². The molecule has 0 saturated heterocycles. The molecule has 0 heterocycles. The summed E-state index contributed by atoms with van der Waals surface area (Å²) in [6, 6.07) is 12.0. The Hall–Kier alpha value is -0.280. The Balaban J connectivity index is 2.61. The molecule has 0 aromatic heterocycles. The van der Waals surface area contributed by atoms with E-state index in [2.05, 4.69) is 44.0 Å². The van der Waals surface area contributed by atoms with Crippen LogP contribution in [0.15, 0.2) is 45.3 Å². The normalized spacial score (nSPS) is 11.3. The third kappa shape index (κ3) is 2.05. The quantitative estimate of drug-likeness (QED) is 0.360. The Bertz CT molecular complexity index is 715. The van der Waals surface area contributed by atoms with Gasteiger partial charge in [0.25, 0.3) is 0 Å². The molecule has 3 rings (SSSR count). The number of benzene rings is 3. The first-order chi connectivity index (χ1) is 8.56. The van der Waals surface area contributed by atoms with Gasteiger partial charge in [-0.05, 0) is 35.0 Å². The highest BCUT2D eigenvalue weighted by atomic mass is 79.9. The van der Waals surface area contributed by atoms with E-state index in [9.17, 15) is 0 Å². The highest BCUT2D eigenvalue weighted by Gasteiger charge is 2.09. The third-order valence-electron chi connectivity index (χ3n) is 2.86. The van der Waals surface area contributed by atoms with Crippen molar-refractivity contribution in [2.45, 2.75) is 0 Å². The van der Waals surface area contributed by atoms with Gasteiger partial charge in [-0.2, -0.15) is 0 Å². The highest BCUT2D eigenvalue weighted by Crippen LogP contribution is 2.38. The lowest BCUT2D eigenvalue weighted by molar-refractivity contribution is 1.70. The zero-order valence-corrected chi connectivity index (χ0v) is 13.7. The summed E-state index contributed by atoms with van der Waals surface area (Å²) < 4.78 is 1.93. The van der Waals surface area contributed by atoms with E-state index in [0.29, 0.717) is 10.0 Å². The lowest BCUT2D eigenvalue weighted by Crippen LogP contribution is -1.82. The molecule has 3 aromatic carbocycles. The van der Waals surface area contributed by atoms with Crippen molar-refractivity contribution in [3.8, 4) is 0 Å². The van der Waals surface area contributed by atoms with Crippen LogP contribution in [0.25, 0.3) is 21.5 Å². The van der Waals surface area contributed by atoms with E-state index in [1.165, 1.54) is 0 Å². The van der Waals surface area contributed by atoms with Crippen LogP contribution < -0.4 is 0 Å². The molecular weight excluding hydrogens is 399 g/mol. The second kappa shape index (κ2) is 4.68. The van der Waals surface area contributed by atoms with E-state index in [-0.39, 0.29) is 0 Å². The first kappa shape index (κ1) is 12.7. The lowest BCUT2D eigenvalue weighted by Gasteiger charge is -2.09. The molecule has 18 heavy (non-hydrogen) atoms. The van der Waals surface area contributed by atoms with Gasteiger partial charge in [-0.3, -0.25) is 0 Å². The fraction of sp³-hybridized carbons (Fsp3) is 0. The van der Waals surface area contributed by atoms with Crippen LogP contribution in [0.5, 0.6) is 0 Å². The molecule has 0 atom stereocenters. The van der Waals surface area contributed by atoms with Crippen molar-refractivity contribution in [1.82, 2.24) is 0 Å². The Labute approximate surface area is 131 Å². The monoisotopic (exact) mass is 402 g/mol. The molecule has 0 nitrogen and oxygen atoms in total. The van der Waals surface area contributed by atoms with Crippen LogP contribution >= 0.6 is 55.1 Å². The Morgan fingerprint density at radius 2 is 1.06 bits per heavy atom. The number of fused-ring (bicyclic) bond motifs is 3. The molecule has 0 amide bonds. The summed E-state index contributed by atoms with van der Waals surface area (Å²) in [5.74, 6) is 0. The van der Waals surface area contributed by atoms with Gasteiger partial charge in [-0.25, -0.2) is 0 Å². The number of halogens is 4. The van der Waals surface area contributed by atoms with Gasteiger partial charge < -0.3 is 0 Å². The molecule has 0 aliphatic heterocycles. The topological polar surface area (TPSA) is 0 Å². The maximum atomic E-state index is 6.35. The molecule has 3 aromatic rings. The molecule has 0 bridgehead atoms. The van der Waals surface area contributed by atoms with Gasteiger partial charge in [0.05, 0.1) is 10.0 Å². The predicted octanol–water partition coefficient (Wildman–Crippen LogP) is 6.82. The van der Waals surface area contributed by atoms with Crippen molar-refractivity contribution in [2.75, 3.05) is 0 Å². The van der Waals surface area contributed by atoms with Gasteiger partial charge in [0, 0.05) is 19.7 Å². The van der Waals surface area contributed by atoms with Crippen molar-refractivity contribution in [3.05, 3.63) is 55.4 Å². The van der Waals surface area contributed by atoms with Crippen molar-refractivity contribution < 1.29 is 0 Å². The fourth-order valence-corrected chi connectivity index (χ4v) is 4.01. The smallest absolute Gasteiger partial charge is 0.0502 e. The Morgan fingerprint density at radius 1 is 0.667 bits per heavy atom. The largest absolute Gasteiger partial charge is 0.0836 e. The van der Waals surface area contributed by atoms with Crippen LogP contribution in [0.3, 0.4) is 0 Å². The van der Waals surface area contributed by atoms with Crippen molar-refractivity contribution in [2.24, 2.45) is 0 Å². The third-order valence-corrected chi connectivity index (χ3v) is 4.38. The van der Waals surface area contributed by atoms with E-state index >= 15 is 0 Å². The maximum absolute atomic E-state index is 6.35. The molecule has 0 spiro atoms. The van der Waals surface area contributed by atoms with E-state index < -0.39 is 0 Å². The van der Waals surface area contributed by atoms with Gasteiger partial charge in [0.1, 0.15) is 0 Å². The average Bonchev–Trinajstić information content (AvgIpc) is 2.28. The van der Waals surface area contributed by atoms with Crippen LogP contribution in [-0.2, 0) is 0 Å². The van der Waals surface area contributed by atoms with E-state index in [1.807, 2.05) is 24.3 Å². The summed E-state index contributed by atoms with van der Waals surface area (Å²) in [6.07, 6.45) is 0. The lowest BCUT2D eigenvalue weighted by atomic mass is 10.0. The van der Waals surface area contributed by atoms with Crippen molar-refractivity contribution in [1.29, 1.82) is 0 Å². The molecular formula is C14H6Br2Cl2. The van der Waals surface area contributed by atoms with E-state index in [1.54, 1.807) is 0 Å². The summed E-state index contributed by atoms with van der Waals surface area (Å²) in [7, 11) is 0. The molecule has 0 radical (unpaired) electrons. The van der Waals surface area contributed by atoms with Crippen LogP contribution in [0, 0.1) is 0 Å². The summed E-state index contributed by atoms with van der Waals surface area (Å²) in [4.78, 5) is 0. The van der Waals surface area contributed by atoms with Gasteiger partial charge in [0.2, 0.25) is 0 Å². The summed E-state index contributed by atoms with van der Waals surface area (Å²) >= 11 is 19.6. The summed E-state index contributed by atoms with van der Waals surface area (Å²) in [5, 5.41) is 5.55. The standard InChI is InChI=1S/C14H6Br2Cl2/c15-9-3-7-1-2-8-4-10(16)6-12(18)14(8)13(7)11(17)5-9/h1-6H. The Morgan fingerprint density at radius 3 is 1.44 bits per heavy atom. The first-order valence-corrected chi connectivity index (χ1v) is 7.57. The van der Waals surface area contributed by atoms with Crippen LogP contribution in [0.2, 0.25) is 10.0 Å². The minimum absolute atomic E-state index is 0.703. The van der Waals surface area contributed by atoms with E-state index in [0.717, 1.165) is 30.5 Å². The highest BCUT2D eigenvalue weighted by molar-refractivity contribution is 9.10. The molecule has 4 heteroatoms. The minimum atomic E-state index is 0.703. The molecule has 0 unspecified atom stereocenters. The molecule has 0 aliphatic carbocycles. The number of hydrogen-bond donors (Lipinski definition) is 0. The molecule has 0 N–H and O–H groups in total. The van der Waals surface area contributed by atoms with Crippen LogP contribution in [0.1, 0.15) is 0 Å². The zero-order chi connectivity index (χ0) is 12.9. The zero-order valence-electron chi connectivity index (χ0n) is 8.98. The van der Waals surface area contributed by atoms with Crippen LogP contribution in [0.4, 0.5) is 0 Å². The second-order valence-corrected chi connectivity index (χ2v) is 6.68. The molecule has 90 valence electrons. The molecule has 0 aliphatic rings. The SMILES string of the molecule is Clc1cc(Br)cc2ccc3cc(Br)cc(Cl)c3c12. The van der Waals surface area contributed by atoms with E-state index in [4.69, 9.17) is 23.2 Å². The van der Waals surface area contributed by atoms with Crippen molar-refractivity contribution in [3.63, 3.8) is 0 Å².